The first kappa shape index (κ1) is 18.2. The molecule has 0 aliphatic heterocycles. The highest BCUT2D eigenvalue weighted by Gasteiger charge is 2.29. The summed E-state index contributed by atoms with van der Waals surface area (Å²) in [4.78, 5) is 21.5. The van der Waals surface area contributed by atoms with Crippen molar-refractivity contribution in [1.82, 2.24) is 19.7 Å². The average Bonchev–Trinajstić information content (AvgIpc) is 3.23. The second-order valence-corrected chi connectivity index (χ2v) is 7.48. The molecule has 7 nitrogen and oxygen atoms in total. The van der Waals surface area contributed by atoms with E-state index in [0.29, 0.717) is 11.7 Å². The van der Waals surface area contributed by atoms with E-state index in [-0.39, 0.29) is 5.91 Å². The molecular weight excluding hydrogens is 372 g/mol. The molecule has 8 heteroatoms. The lowest BCUT2D eigenvalue weighted by atomic mass is 9.95. The number of aromatic nitrogens is 4. The van der Waals surface area contributed by atoms with Gasteiger partial charge < -0.3 is 10.6 Å². The predicted octanol–water partition coefficient (Wildman–Crippen LogP) is 3.19. The van der Waals surface area contributed by atoms with Gasteiger partial charge in [0.1, 0.15) is 12.4 Å². The molecule has 1 aliphatic rings. The molecule has 1 aliphatic carbocycles. The molecule has 0 unspecified atom stereocenters. The summed E-state index contributed by atoms with van der Waals surface area (Å²) in [5.41, 5.74) is 4.99. The molecular formula is C20H20N6OS. The summed E-state index contributed by atoms with van der Waals surface area (Å²) in [5, 5.41) is 11.4. The molecule has 0 fully saturated rings. The minimum Gasteiger partial charge on any atom is -0.370 e. The number of anilines is 2. The number of terminal acetylenes is 1. The molecule has 3 aromatic rings. The standard InChI is InChI=1S/C20H20N6OS/c1-4-10-26-18-14(7-8-15-19(18)28-20(24-15)23-12(3)27)17(25-26)13-6-9-16(21-5-2)22-11-13/h1,6,9,11H,5,7-8,10H2,2-3H3,(H,21,22)(H,23,24,27). The number of nitrogens with one attached hydrogen (secondary N) is 2. The van der Waals surface area contributed by atoms with E-state index in [2.05, 4.69) is 26.5 Å². The Hall–Kier alpha value is -3.18. The van der Waals surface area contributed by atoms with Crippen LogP contribution in [0.3, 0.4) is 0 Å². The van der Waals surface area contributed by atoms with Gasteiger partial charge in [0.05, 0.1) is 22.0 Å². The number of rotatable bonds is 5. The van der Waals surface area contributed by atoms with Crippen molar-refractivity contribution < 1.29 is 4.79 Å². The van der Waals surface area contributed by atoms with Gasteiger partial charge in [-0.3, -0.25) is 9.48 Å². The molecule has 0 radical (unpaired) electrons. The Morgan fingerprint density at radius 3 is 2.93 bits per heavy atom. The Kier molecular flexibility index (Phi) is 4.84. The molecule has 2 N–H and O–H groups in total. The van der Waals surface area contributed by atoms with E-state index in [9.17, 15) is 4.79 Å². The summed E-state index contributed by atoms with van der Waals surface area (Å²) in [7, 11) is 0. The molecule has 3 aromatic heterocycles. The lowest BCUT2D eigenvalue weighted by Crippen LogP contribution is -2.07. The van der Waals surface area contributed by atoms with Gasteiger partial charge in [-0.05, 0) is 31.9 Å². The average molecular weight is 392 g/mol. The fourth-order valence-corrected chi connectivity index (χ4v) is 4.53. The molecule has 0 atom stereocenters. The Balaban J connectivity index is 1.80. The van der Waals surface area contributed by atoms with Gasteiger partial charge in [-0.15, -0.1) is 6.42 Å². The zero-order valence-corrected chi connectivity index (χ0v) is 16.6. The minimum atomic E-state index is -0.129. The van der Waals surface area contributed by atoms with Crippen molar-refractivity contribution in [1.29, 1.82) is 0 Å². The second kappa shape index (κ2) is 7.44. The van der Waals surface area contributed by atoms with Crippen LogP contribution >= 0.6 is 11.3 Å². The first-order chi connectivity index (χ1) is 13.6. The molecule has 4 rings (SSSR count). The van der Waals surface area contributed by atoms with E-state index < -0.39 is 0 Å². The van der Waals surface area contributed by atoms with Gasteiger partial charge in [0, 0.05) is 30.8 Å². The summed E-state index contributed by atoms with van der Waals surface area (Å²) >= 11 is 1.47. The maximum absolute atomic E-state index is 11.4. The highest BCUT2D eigenvalue weighted by molar-refractivity contribution is 7.19. The van der Waals surface area contributed by atoms with E-state index in [1.54, 1.807) is 0 Å². The van der Waals surface area contributed by atoms with Crippen LogP contribution in [0, 0.1) is 12.3 Å². The monoisotopic (exact) mass is 392 g/mol. The topological polar surface area (TPSA) is 84.7 Å². The number of hydrogen-bond donors (Lipinski definition) is 2. The normalized spacial score (nSPS) is 12.0. The van der Waals surface area contributed by atoms with Crippen LogP contribution in [0.1, 0.15) is 25.1 Å². The van der Waals surface area contributed by atoms with Crippen molar-refractivity contribution >= 4 is 28.2 Å². The maximum atomic E-state index is 11.4. The number of carbonyl (C=O) groups excluding carboxylic acids is 1. The maximum Gasteiger partial charge on any atom is 0.223 e. The lowest BCUT2D eigenvalue weighted by Gasteiger charge is -2.13. The highest BCUT2D eigenvalue weighted by Crippen LogP contribution is 2.43. The van der Waals surface area contributed by atoms with E-state index in [0.717, 1.165) is 58.3 Å². The summed E-state index contributed by atoms with van der Waals surface area (Å²) in [6, 6.07) is 3.99. The second-order valence-electron chi connectivity index (χ2n) is 6.48. The number of aryl methyl sites for hydroxylation is 1. The van der Waals surface area contributed by atoms with Crippen LogP contribution in [0.2, 0.25) is 0 Å². The van der Waals surface area contributed by atoms with Gasteiger partial charge in [-0.2, -0.15) is 5.10 Å². The summed E-state index contributed by atoms with van der Waals surface area (Å²) < 4.78 is 1.86. The third-order valence-electron chi connectivity index (χ3n) is 4.49. The number of fused-ring (bicyclic) bond motifs is 3. The van der Waals surface area contributed by atoms with Crippen LogP contribution in [0.25, 0.3) is 21.8 Å². The SMILES string of the molecule is C#CCn1nc(-c2ccc(NCC)nc2)c2c1-c1sc(NC(C)=O)nc1CC2. The molecule has 0 saturated heterocycles. The zero-order chi connectivity index (χ0) is 19.7. The summed E-state index contributed by atoms with van der Waals surface area (Å²) in [6.07, 6.45) is 9.05. The molecule has 142 valence electrons. The Morgan fingerprint density at radius 1 is 1.39 bits per heavy atom. The number of amides is 1. The van der Waals surface area contributed by atoms with Crippen molar-refractivity contribution in [2.45, 2.75) is 33.2 Å². The van der Waals surface area contributed by atoms with Crippen LogP contribution in [-0.2, 0) is 24.2 Å². The van der Waals surface area contributed by atoms with Gasteiger partial charge in [0.25, 0.3) is 0 Å². The van der Waals surface area contributed by atoms with Crippen molar-refractivity contribution in [2.75, 3.05) is 17.2 Å². The van der Waals surface area contributed by atoms with E-state index in [1.165, 1.54) is 18.3 Å². The largest absolute Gasteiger partial charge is 0.370 e. The van der Waals surface area contributed by atoms with E-state index >= 15 is 0 Å². The van der Waals surface area contributed by atoms with Gasteiger partial charge >= 0.3 is 0 Å². The molecule has 0 bridgehead atoms. The van der Waals surface area contributed by atoms with Crippen molar-refractivity contribution in [3.63, 3.8) is 0 Å². The quantitative estimate of drug-likeness (QED) is 0.652. The molecule has 0 spiro atoms. The van der Waals surface area contributed by atoms with Gasteiger partial charge in [-0.1, -0.05) is 17.3 Å². The summed E-state index contributed by atoms with van der Waals surface area (Å²) in [6.45, 7) is 4.72. The van der Waals surface area contributed by atoms with Gasteiger partial charge in [0.2, 0.25) is 5.91 Å². The van der Waals surface area contributed by atoms with Crippen molar-refractivity contribution in [3.05, 3.63) is 29.6 Å². The Labute approximate surface area is 167 Å². The van der Waals surface area contributed by atoms with Crippen LogP contribution in [0.15, 0.2) is 18.3 Å². The van der Waals surface area contributed by atoms with Crippen LogP contribution < -0.4 is 10.6 Å². The number of nitrogens with zero attached hydrogens (tertiary/aromatic N) is 4. The fraction of sp³-hybridized carbons (Fsp3) is 0.300. The van der Waals surface area contributed by atoms with Crippen LogP contribution in [0.5, 0.6) is 0 Å². The number of hydrogen-bond acceptors (Lipinski definition) is 6. The smallest absolute Gasteiger partial charge is 0.223 e. The zero-order valence-electron chi connectivity index (χ0n) is 15.7. The van der Waals surface area contributed by atoms with Gasteiger partial charge in [0.15, 0.2) is 5.13 Å². The number of thiazole rings is 1. The number of pyridine rings is 1. The first-order valence-corrected chi connectivity index (χ1v) is 9.93. The Bertz CT molecular complexity index is 1070. The lowest BCUT2D eigenvalue weighted by molar-refractivity contribution is -0.114. The molecule has 28 heavy (non-hydrogen) atoms. The first-order valence-electron chi connectivity index (χ1n) is 9.11. The highest BCUT2D eigenvalue weighted by atomic mass is 32.1. The summed E-state index contributed by atoms with van der Waals surface area (Å²) in [5.74, 6) is 3.40. The van der Waals surface area contributed by atoms with Crippen LogP contribution in [-0.4, -0.2) is 32.2 Å². The predicted molar refractivity (Wildman–Crippen MR) is 111 cm³/mol. The third kappa shape index (κ3) is 3.25. The van der Waals surface area contributed by atoms with Crippen molar-refractivity contribution in [3.8, 4) is 34.2 Å². The minimum absolute atomic E-state index is 0.129. The van der Waals surface area contributed by atoms with Crippen molar-refractivity contribution in [2.24, 2.45) is 0 Å². The van der Waals surface area contributed by atoms with Crippen LogP contribution in [0.4, 0.5) is 10.9 Å². The van der Waals surface area contributed by atoms with Gasteiger partial charge in [-0.25, -0.2) is 9.97 Å². The van der Waals surface area contributed by atoms with E-state index in [4.69, 9.17) is 11.5 Å². The number of carbonyl (C=O) groups is 1. The Morgan fingerprint density at radius 2 is 2.25 bits per heavy atom. The molecule has 3 heterocycles. The molecule has 1 amide bonds. The fourth-order valence-electron chi connectivity index (χ4n) is 3.40. The molecule has 0 saturated carbocycles. The van der Waals surface area contributed by atoms with E-state index in [1.807, 2.05) is 29.9 Å². The third-order valence-corrected chi connectivity index (χ3v) is 5.51. The molecule has 0 aromatic carbocycles.